The number of rotatable bonds is 6. The largest absolute Gasteiger partial charge is 0.326 e. The number of nitriles is 1. The normalized spacial score (nSPS) is 16.5. The maximum atomic E-state index is 13.0. The monoisotopic (exact) mass is 418 g/mol. The van der Waals surface area contributed by atoms with Crippen LogP contribution in [0.3, 0.4) is 0 Å². The van der Waals surface area contributed by atoms with E-state index in [9.17, 15) is 10.1 Å². The summed E-state index contributed by atoms with van der Waals surface area (Å²) in [6.45, 7) is 5.82. The van der Waals surface area contributed by atoms with Gasteiger partial charge >= 0.3 is 0 Å². The Kier molecular flexibility index (Phi) is 6.03. The molecule has 0 saturated carbocycles. The van der Waals surface area contributed by atoms with Crippen molar-refractivity contribution in [2.45, 2.75) is 39.3 Å². The second-order valence-electron chi connectivity index (χ2n) is 7.81. The van der Waals surface area contributed by atoms with Gasteiger partial charge in [0, 0.05) is 23.2 Å². The topological polar surface area (TPSA) is 61.1 Å². The first-order chi connectivity index (χ1) is 14.6. The Bertz CT molecular complexity index is 1060. The summed E-state index contributed by atoms with van der Waals surface area (Å²) in [7, 11) is 0. The van der Waals surface area contributed by atoms with Gasteiger partial charge in [0.25, 0.3) is 0 Å². The molecule has 1 aromatic carbocycles. The SMILES string of the molecule is Cc1c(C#N)c(NC(=O)CN2CCC[C@@H]2c2cccs2)n(Cc2ccccc2)c1C. The molecule has 0 unspecified atom stereocenters. The molecule has 1 saturated heterocycles. The lowest BCUT2D eigenvalue weighted by atomic mass is 10.2. The van der Waals surface area contributed by atoms with Crippen LogP contribution in [0.5, 0.6) is 0 Å². The van der Waals surface area contributed by atoms with Gasteiger partial charge in [-0.25, -0.2) is 0 Å². The number of likely N-dealkylation sites (tertiary alicyclic amines) is 1. The Morgan fingerprint density at radius 1 is 1.23 bits per heavy atom. The highest BCUT2D eigenvalue weighted by atomic mass is 32.1. The van der Waals surface area contributed by atoms with Crippen LogP contribution in [-0.4, -0.2) is 28.5 Å². The third kappa shape index (κ3) is 4.04. The van der Waals surface area contributed by atoms with Gasteiger partial charge in [-0.05, 0) is 55.8 Å². The molecular weight excluding hydrogens is 392 g/mol. The van der Waals surface area contributed by atoms with Crippen LogP contribution in [-0.2, 0) is 11.3 Å². The molecule has 0 spiro atoms. The molecule has 1 atom stereocenters. The van der Waals surface area contributed by atoms with Crippen molar-refractivity contribution in [3.63, 3.8) is 0 Å². The fraction of sp³-hybridized carbons (Fsp3) is 0.333. The van der Waals surface area contributed by atoms with Crippen LogP contribution in [0.25, 0.3) is 0 Å². The first-order valence-corrected chi connectivity index (χ1v) is 11.2. The first kappa shape index (κ1) is 20.4. The van der Waals surface area contributed by atoms with Crippen molar-refractivity contribution in [2.24, 2.45) is 0 Å². The summed E-state index contributed by atoms with van der Waals surface area (Å²) in [6, 6.07) is 16.9. The number of nitrogens with one attached hydrogen (secondary N) is 1. The van der Waals surface area contributed by atoms with Gasteiger partial charge in [-0.1, -0.05) is 36.4 Å². The highest BCUT2D eigenvalue weighted by Crippen LogP contribution is 2.34. The molecule has 3 aromatic rings. The van der Waals surface area contributed by atoms with E-state index < -0.39 is 0 Å². The van der Waals surface area contributed by atoms with E-state index in [2.05, 4.69) is 45.9 Å². The second kappa shape index (κ2) is 8.86. The van der Waals surface area contributed by atoms with Crippen molar-refractivity contribution in [3.05, 3.63) is 75.1 Å². The van der Waals surface area contributed by atoms with Crippen molar-refractivity contribution in [2.75, 3.05) is 18.4 Å². The van der Waals surface area contributed by atoms with Gasteiger partial charge in [0.15, 0.2) is 0 Å². The van der Waals surface area contributed by atoms with Gasteiger partial charge in [0.05, 0.1) is 12.1 Å². The van der Waals surface area contributed by atoms with E-state index in [-0.39, 0.29) is 5.91 Å². The third-order valence-corrected chi connectivity index (χ3v) is 6.94. The highest BCUT2D eigenvalue weighted by Gasteiger charge is 2.29. The fourth-order valence-corrected chi connectivity index (χ4v) is 5.16. The Balaban J connectivity index is 1.55. The minimum absolute atomic E-state index is 0.0678. The predicted molar refractivity (Wildman–Crippen MR) is 121 cm³/mol. The lowest BCUT2D eigenvalue weighted by Crippen LogP contribution is -2.33. The van der Waals surface area contributed by atoms with Crippen LogP contribution in [0.15, 0.2) is 47.8 Å². The number of carbonyl (C=O) groups excluding carboxylic acids is 1. The molecule has 1 N–H and O–H groups in total. The molecule has 154 valence electrons. The zero-order chi connectivity index (χ0) is 21.1. The molecule has 0 aliphatic carbocycles. The van der Waals surface area contributed by atoms with E-state index in [1.165, 1.54) is 4.88 Å². The Hall–Kier alpha value is -2.88. The molecule has 3 heterocycles. The van der Waals surface area contributed by atoms with Crippen LogP contribution in [0.2, 0.25) is 0 Å². The van der Waals surface area contributed by atoms with Crippen molar-refractivity contribution in [1.82, 2.24) is 9.47 Å². The minimum atomic E-state index is -0.0678. The number of hydrogen-bond donors (Lipinski definition) is 1. The molecule has 0 radical (unpaired) electrons. The summed E-state index contributed by atoms with van der Waals surface area (Å²) in [5.74, 6) is 0.537. The highest BCUT2D eigenvalue weighted by molar-refractivity contribution is 7.10. The molecule has 1 amide bonds. The van der Waals surface area contributed by atoms with Gasteiger partial charge in [0.1, 0.15) is 11.9 Å². The van der Waals surface area contributed by atoms with E-state index in [0.717, 1.165) is 36.2 Å². The average molecular weight is 419 g/mol. The molecule has 6 heteroatoms. The zero-order valence-electron chi connectivity index (χ0n) is 17.4. The van der Waals surface area contributed by atoms with Gasteiger partial charge < -0.3 is 9.88 Å². The lowest BCUT2D eigenvalue weighted by molar-refractivity contribution is -0.117. The van der Waals surface area contributed by atoms with Crippen LogP contribution in [0.1, 0.15) is 46.1 Å². The van der Waals surface area contributed by atoms with Gasteiger partial charge in [-0.2, -0.15) is 5.26 Å². The van der Waals surface area contributed by atoms with Gasteiger partial charge in [0.2, 0.25) is 5.91 Å². The fourth-order valence-electron chi connectivity index (χ4n) is 4.27. The van der Waals surface area contributed by atoms with Crippen molar-refractivity contribution >= 4 is 23.1 Å². The average Bonchev–Trinajstić information content (AvgIpc) is 3.47. The Labute approximate surface area is 181 Å². The quantitative estimate of drug-likeness (QED) is 0.622. The Morgan fingerprint density at radius 2 is 2.03 bits per heavy atom. The maximum absolute atomic E-state index is 13.0. The standard InChI is InChI=1S/C24H26N4OS/c1-17-18(2)28(15-19-8-4-3-5-9-19)24(20(17)14-25)26-23(29)16-27-12-6-10-21(27)22-11-7-13-30-22/h3-5,7-9,11,13,21H,6,10,12,15-16H2,1-2H3,(H,26,29)/t21-/m1/s1. The first-order valence-electron chi connectivity index (χ1n) is 10.3. The van der Waals surface area contributed by atoms with Crippen LogP contribution >= 0.6 is 11.3 Å². The molecule has 1 aliphatic rings. The second-order valence-corrected chi connectivity index (χ2v) is 8.79. The van der Waals surface area contributed by atoms with E-state index in [0.29, 0.717) is 30.5 Å². The van der Waals surface area contributed by atoms with Crippen molar-refractivity contribution in [3.8, 4) is 6.07 Å². The van der Waals surface area contributed by atoms with E-state index in [1.54, 1.807) is 11.3 Å². The maximum Gasteiger partial charge on any atom is 0.239 e. The smallest absolute Gasteiger partial charge is 0.239 e. The molecule has 0 bridgehead atoms. The molecule has 2 aromatic heterocycles. The molecule has 5 nitrogen and oxygen atoms in total. The van der Waals surface area contributed by atoms with Crippen LogP contribution in [0, 0.1) is 25.2 Å². The molecule has 1 fully saturated rings. The molecular formula is C24H26N4OS. The number of anilines is 1. The Morgan fingerprint density at radius 3 is 2.73 bits per heavy atom. The predicted octanol–water partition coefficient (Wildman–Crippen LogP) is 4.86. The minimum Gasteiger partial charge on any atom is -0.326 e. The molecule has 4 rings (SSSR count). The zero-order valence-corrected chi connectivity index (χ0v) is 18.2. The van der Waals surface area contributed by atoms with Crippen molar-refractivity contribution < 1.29 is 4.79 Å². The lowest BCUT2D eigenvalue weighted by Gasteiger charge is -2.23. The molecule has 1 aliphatic heterocycles. The summed E-state index contributed by atoms with van der Waals surface area (Å²) in [4.78, 5) is 16.6. The van der Waals surface area contributed by atoms with Gasteiger partial charge in [-0.15, -0.1) is 11.3 Å². The summed E-state index contributed by atoms with van der Waals surface area (Å²) in [5.41, 5.74) is 3.60. The van der Waals surface area contributed by atoms with E-state index in [1.807, 2.05) is 36.6 Å². The molecule has 30 heavy (non-hydrogen) atoms. The van der Waals surface area contributed by atoms with Crippen molar-refractivity contribution in [1.29, 1.82) is 5.26 Å². The summed E-state index contributed by atoms with van der Waals surface area (Å²) in [6.07, 6.45) is 2.18. The number of carbonyl (C=O) groups is 1. The van der Waals surface area contributed by atoms with Gasteiger partial charge in [-0.3, -0.25) is 9.69 Å². The number of hydrogen-bond acceptors (Lipinski definition) is 4. The number of amides is 1. The summed E-state index contributed by atoms with van der Waals surface area (Å²) < 4.78 is 2.04. The number of nitrogens with zero attached hydrogens (tertiary/aromatic N) is 3. The summed E-state index contributed by atoms with van der Waals surface area (Å²) >= 11 is 1.75. The van der Waals surface area contributed by atoms with E-state index >= 15 is 0 Å². The summed E-state index contributed by atoms with van der Waals surface area (Å²) in [5, 5.41) is 14.9. The van der Waals surface area contributed by atoms with E-state index in [4.69, 9.17) is 0 Å². The van der Waals surface area contributed by atoms with Crippen LogP contribution < -0.4 is 5.32 Å². The number of benzene rings is 1. The number of thiophene rings is 1. The van der Waals surface area contributed by atoms with Crippen LogP contribution in [0.4, 0.5) is 5.82 Å². The number of aromatic nitrogens is 1. The third-order valence-electron chi connectivity index (χ3n) is 5.96.